The number of carbonyl (C=O) groups excluding carboxylic acids is 2. The van der Waals surface area contributed by atoms with Gasteiger partial charge in [-0.1, -0.05) is 43.7 Å². The van der Waals surface area contributed by atoms with Gasteiger partial charge >= 0.3 is 0 Å². The van der Waals surface area contributed by atoms with E-state index in [4.69, 9.17) is 5.73 Å². The molecule has 0 bridgehead atoms. The first-order valence-corrected chi connectivity index (χ1v) is 16.3. The number of nitrogens with two attached hydrogens (primary N) is 1. The molecule has 0 spiro atoms. The molecule has 0 aliphatic carbocycles. The normalized spacial score (nSPS) is 24.5. The molecule has 0 radical (unpaired) electrons. The van der Waals surface area contributed by atoms with Crippen LogP contribution >= 0.6 is 0 Å². The number of hydrogen-bond donors (Lipinski definition) is 1. The van der Waals surface area contributed by atoms with Gasteiger partial charge in [0.15, 0.2) is 6.17 Å². The molecule has 3 heterocycles. The fraction of sp³-hybridized carbons (Fsp3) is 0.600. The summed E-state index contributed by atoms with van der Waals surface area (Å²) in [5.41, 5.74) is 5.98. The van der Waals surface area contributed by atoms with Crippen molar-refractivity contribution in [2.75, 3.05) is 39.3 Å². The van der Waals surface area contributed by atoms with Gasteiger partial charge in [-0.3, -0.25) is 14.5 Å². The standard InChI is InChI=1S/C30H43N5O4S/c1-23-9-7-17-33(21-23)35(30(29(31)37)32-15-5-2-6-16-32)28(36)19-24-10-8-18-34(22-24)40(38,39)27-14-13-25-11-3-4-12-26(25)20-27/h3-4,11-14,20,23-24,30H,2,5-10,15-19,21-22H2,1H3,(H2,31,37). The lowest BCUT2D eigenvalue weighted by atomic mass is 9.95. The number of hydrogen-bond acceptors (Lipinski definition) is 6. The fourth-order valence-electron chi connectivity index (χ4n) is 6.66. The lowest BCUT2D eigenvalue weighted by molar-refractivity contribution is -0.179. The Morgan fingerprint density at radius 3 is 2.38 bits per heavy atom. The number of fused-ring (bicyclic) bond motifs is 1. The average molecular weight is 570 g/mol. The van der Waals surface area contributed by atoms with Crippen molar-refractivity contribution >= 4 is 32.6 Å². The molecule has 3 unspecified atom stereocenters. The molecule has 2 N–H and O–H groups in total. The Kier molecular flexibility index (Phi) is 9.09. The van der Waals surface area contributed by atoms with Gasteiger partial charge in [-0.15, -0.1) is 0 Å². The largest absolute Gasteiger partial charge is 0.367 e. The van der Waals surface area contributed by atoms with Crippen LogP contribution in [0.15, 0.2) is 47.4 Å². The van der Waals surface area contributed by atoms with Crippen LogP contribution < -0.4 is 5.73 Å². The number of sulfonamides is 1. The number of amides is 2. The minimum Gasteiger partial charge on any atom is -0.367 e. The van der Waals surface area contributed by atoms with Crippen molar-refractivity contribution < 1.29 is 18.0 Å². The Labute approximate surface area is 238 Å². The maximum Gasteiger partial charge on any atom is 0.256 e. The van der Waals surface area contributed by atoms with Gasteiger partial charge in [0.25, 0.3) is 5.91 Å². The summed E-state index contributed by atoms with van der Waals surface area (Å²) < 4.78 is 28.8. The number of likely N-dealkylation sites (tertiary alicyclic amines) is 1. The molecule has 3 saturated heterocycles. The topological polar surface area (TPSA) is 107 Å². The smallest absolute Gasteiger partial charge is 0.256 e. The molecule has 2 amide bonds. The molecule has 9 nitrogen and oxygen atoms in total. The van der Waals surface area contributed by atoms with Crippen molar-refractivity contribution in [2.45, 2.75) is 69.4 Å². The van der Waals surface area contributed by atoms with Gasteiger partial charge in [-0.25, -0.2) is 18.4 Å². The maximum atomic E-state index is 14.1. The molecule has 3 aliphatic heterocycles. The minimum atomic E-state index is -3.70. The number of benzene rings is 2. The number of rotatable bonds is 8. The lowest BCUT2D eigenvalue weighted by Gasteiger charge is -2.47. The Morgan fingerprint density at radius 2 is 1.65 bits per heavy atom. The van der Waals surface area contributed by atoms with Gasteiger partial charge in [-0.2, -0.15) is 4.31 Å². The van der Waals surface area contributed by atoms with Gasteiger partial charge in [0.05, 0.1) is 4.90 Å². The molecule has 218 valence electrons. The summed E-state index contributed by atoms with van der Waals surface area (Å²) in [5, 5.41) is 5.56. The van der Waals surface area contributed by atoms with E-state index in [-0.39, 0.29) is 29.7 Å². The molecular formula is C30H43N5O4S. The summed E-state index contributed by atoms with van der Waals surface area (Å²) in [6.07, 6.45) is 5.96. The van der Waals surface area contributed by atoms with Gasteiger partial charge in [-0.05, 0) is 73.3 Å². The summed E-state index contributed by atoms with van der Waals surface area (Å²) in [6, 6.07) is 13.0. The van der Waals surface area contributed by atoms with Crippen LogP contribution in [0.25, 0.3) is 10.8 Å². The molecule has 10 heteroatoms. The summed E-state index contributed by atoms with van der Waals surface area (Å²) in [4.78, 5) is 29.3. The summed E-state index contributed by atoms with van der Waals surface area (Å²) in [7, 11) is -3.70. The second kappa shape index (κ2) is 12.5. The fourth-order valence-corrected chi connectivity index (χ4v) is 8.25. The van der Waals surface area contributed by atoms with E-state index in [0.717, 1.165) is 62.4 Å². The number of nitrogens with zero attached hydrogens (tertiary/aromatic N) is 4. The first-order chi connectivity index (χ1) is 19.2. The Balaban J connectivity index is 1.35. The highest BCUT2D eigenvalue weighted by Gasteiger charge is 2.40. The minimum absolute atomic E-state index is 0.129. The number of hydrazine groups is 1. The highest BCUT2D eigenvalue weighted by molar-refractivity contribution is 7.89. The van der Waals surface area contributed by atoms with Crippen LogP contribution in [-0.2, 0) is 19.6 Å². The van der Waals surface area contributed by atoms with E-state index >= 15 is 0 Å². The third-order valence-corrected chi connectivity index (χ3v) is 10.6. The van der Waals surface area contributed by atoms with Crippen LogP contribution in [0, 0.1) is 11.8 Å². The lowest BCUT2D eigenvalue weighted by Crippen LogP contribution is -2.65. The second-order valence-corrected chi connectivity index (χ2v) is 13.8. The molecule has 40 heavy (non-hydrogen) atoms. The van der Waals surface area contributed by atoms with E-state index in [0.29, 0.717) is 32.0 Å². The number of piperidine rings is 3. The zero-order chi connectivity index (χ0) is 28.3. The van der Waals surface area contributed by atoms with Crippen molar-refractivity contribution in [2.24, 2.45) is 17.6 Å². The monoisotopic (exact) mass is 569 g/mol. The van der Waals surface area contributed by atoms with Crippen molar-refractivity contribution in [3.05, 3.63) is 42.5 Å². The third kappa shape index (κ3) is 6.35. The Hall–Kier alpha value is -2.53. The molecular weight excluding hydrogens is 526 g/mol. The summed E-state index contributed by atoms with van der Waals surface area (Å²) in [6.45, 7) is 5.79. The van der Waals surface area contributed by atoms with Crippen molar-refractivity contribution in [3.63, 3.8) is 0 Å². The highest BCUT2D eigenvalue weighted by Crippen LogP contribution is 2.30. The summed E-state index contributed by atoms with van der Waals surface area (Å²) >= 11 is 0. The first-order valence-electron chi connectivity index (χ1n) is 14.8. The zero-order valence-corrected chi connectivity index (χ0v) is 24.4. The molecule has 3 fully saturated rings. The average Bonchev–Trinajstić information content (AvgIpc) is 2.96. The molecule has 5 rings (SSSR count). The van der Waals surface area contributed by atoms with Crippen LogP contribution in [0.3, 0.4) is 0 Å². The molecule has 3 atom stereocenters. The van der Waals surface area contributed by atoms with Crippen molar-refractivity contribution in [1.82, 2.24) is 19.2 Å². The molecule has 2 aromatic carbocycles. The predicted octanol–water partition coefficient (Wildman–Crippen LogP) is 3.40. The van der Waals surface area contributed by atoms with Gasteiger partial charge in [0.2, 0.25) is 15.9 Å². The number of carbonyl (C=O) groups is 2. The SMILES string of the molecule is CC1CCCN(N(C(=O)CC2CCCN(S(=O)(=O)c3ccc4ccccc4c3)C2)C(C(N)=O)N2CCCCC2)C1. The molecule has 0 saturated carbocycles. The van der Waals surface area contributed by atoms with Crippen molar-refractivity contribution in [3.8, 4) is 0 Å². The molecule has 2 aromatic rings. The molecule has 0 aromatic heterocycles. The Bertz CT molecular complexity index is 1310. The summed E-state index contributed by atoms with van der Waals surface area (Å²) in [5.74, 6) is -0.358. The van der Waals surface area contributed by atoms with Crippen LogP contribution in [0.5, 0.6) is 0 Å². The van der Waals surface area contributed by atoms with Gasteiger partial charge in [0, 0.05) is 45.7 Å². The zero-order valence-electron chi connectivity index (χ0n) is 23.6. The first kappa shape index (κ1) is 29.0. The predicted molar refractivity (Wildman–Crippen MR) is 155 cm³/mol. The Morgan fingerprint density at radius 1 is 0.925 bits per heavy atom. The molecule has 3 aliphatic rings. The van der Waals surface area contributed by atoms with E-state index in [2.05, 4.69) is 11.8 Å². The van der Waals surface area contributed by atoms with Crippen molar-refractivity contribution in [1.29, 1.82) is 0 Å². The maximum absolute atomic E-state index is 14.1. The highest BCUT2D eigenvalue weighted by atomic mass is 32.2. The van der Waals surface area contributed by atoms with E-state index in [1.165, 1.54) is 4.31 Å². The third-order valence-electron chi connectivity index (χ3n) is 8.72. The number of primary amides is 1. The van der Waals surface area contributed by atoms with E-state index in [1.54, 1.807) is 17.1 Å². The van der Waals surface area contributed by atoms with Crippen LogP contribution in [-0.4, -0.2) is 84.9 Å². The second-order valence-electron chi connectivity index (χ2n) is 11.9. The van der Waals surface area contributed by atoms with Crippen LogP contribution in [0.1, 0.15) is 58.3 Å². The van der Waals surface area contributed by atoms with Crippen LogP contribution in [0.2, 0.25) is 0 Å². The van der Waals surface area contributed by atoms with E-state index < -0.39 is 22.1 Å². The van der Waals surface area contributed by atoms with Crippen LogP contribution in [0.4, 0.5) is 0 Å². The van der Waals surface area contributed by atoms with Gasteiger partial charge < -0.3 is 5.73 Å². The van der Waals surface area contributed by atoms with E-state index in [9.17, 15) is 18.0 Å². The van der Waals surface area contributed by atoms with Gasteiger partial charge in [0.1, 0.15) is 0 Å². The van der Waals surface area contributed by atoms with E-state index in [1.807, 2.05) is 35.3 Å². The quantitative estimate of drug-likeness (QED) is 0.522.